The number of carbonyl (C=O) groups is 5. The zero-order valence-corrected chi connectivity index (χ0v) is 40.2. The average molecular weight is 960 g/mol. The molecule has 15 atom stereocenters. The van der Waals surface area contributed by atoms with Gasteiger partial charge in [-0.1, -0.05) is 69.7 Å². The minimum Gasteiger partial charge on any atom is -0.394 e. The Balaban J connectivity index is 1.22. The highest BCUT2D eigenvalue weighted by molar-refractivity contribution is 5.82. The predicted molar refractivity (Wildman–Crippen MR) is 245 cm³/mol. The van der Waals surface area contributed by atoms with E-state index in [1.807, 2.05) is 31.2 Å². The van der Waals surface area contributed by atoms with Crippen LogP contribution >= 0.6 is 0 Å². The van der Waals surface area contributed by atoms with Crippen molar-refractivity contribution in [2.24, 2.45) is 17.8 Å². The summed E-state index contributed by atoms with van der Waals surface area (Å²) >= 11 is 0. The number of hydrogen-bond acceptors (Lipinski definition) is 15. The van der Waals surface area contributed by atoms with Crippen LogP contribution in [0.25, 0.3) is 0 Å². The molecule has 7 N–H and O–H groups in total. The molecular weight excluding hydrogens is 883 g/mol. The molecular formula is C50H77N3O15. The Bertz CT molecular complexity index is 1810. The van der Waals surface area contributed by atoms with E-state index >= 15 is 0 Å². The van der Waals surface area contributed by atoms with Crippen molar-refractivity contribution in [2.75, 3.05) is 19.7 Å². The van der Waals surface area contributed by atoms with Gasteiger partial charge in [0, 0.05) is 51.7 Å². The highest BCUT2D eigenvalue weighted by atomic mass is 16.7. The number of benzene rings is 1. The number of ether oxygens (including phenoxy) is 5. The third-order valence-electron chi connectivity index (χ3n) is 14.7. The molecule has 2 saturated carbocycles. The molecule has 68 heavy (non-hydrogen) atoms. The maximum absolute atomic E-state index is 14.2. The van der Waals surface area contributed by atoms with Crippen LogP contribution in [0.1, 0.15) is 129 Å². The number of likely N-dealkylation sites (tertiary alicyclic amines) is 1. The number of rotatable bonds is 22. The molecule has 0 spiro atoms. The molecule has 5 fully saturated rings. The Kier molecular flexibility index (Phi) is 20.3. The number of aliphatic hydroxyl groups excluding tert-OH is 5. The first-order valence-electron chi connectivity index (χ1n) is 25.1. The number of aliphatic hydroxyl groups is 5. The Hall–Kier alpha value is -3.43. The zero-order valence-electron chi connectivity index (χ0n) is 40.2. The maximum atomic E-state index is 14.2. The summed E-state index contributed by atoms with van der Waals surface area (Å²) in [6.45, 7) is 7.15. The molecule has 5 aliphatic rings. The van der Waals surface area contributed by atoms with Gasteiger partial charge in [-0.25, -0.2) is 0 Å². The van der Waals surface area contributed by atoms with Crippen LogP contribution in [-0.4, -0.2) is 159 Å². The lowest BCUT2D eigenvalue weighted by Crippen LogP contribution is -2.67. The van der Waals surface area contributed by atoms with Gasteiger partial charge in [0.05, 0.1) is 24.9 Å². The lowest BCUT2D eigenvalue weighted by molar-refractivity contribution is -0.338. The number of carbonyl (C=O) groups excluding carboxylic acids is 5. The van der Waals surface area contributed by atoms with Gasteiger partial charge in [-0.15, -0.1) is 0 Å². The summed E-state index contributed by atoms with van der Waals surface area (Å²) in [6.07, 6.45) is -5.91. The molecule has 6 unspecified atom stereocenters. The van der Waals surface area contributed by atoms with Crippen molar-refractivity contribution in [1.29, 1.82) is 0 Å². The van der Waals surface area contributed by atoms with Crippen molar-refractivity contribution < 1.29 is 73.2 Å². The normalized spacial score (nSPS) is 33.8. The van der Waals surface area contributed by atoms with E-state index in [0.717, 1.165) is 49.7 Å². The van der Waals surface area contributed by atoms with Crippen LogP contribution in [0.5, 0.6) is 0 Å². The number of amides is 3. The van der Waals surface area contributed by atoms with Crippen molar-refractivity contribution in [2.45, 2.75) is 210 Å². The highest BCUT2D eigenvalue weighted by Gasteiger charge is 2.53. The van der Waals surface area contributed by atoms with E-state index in [4.69, 9.17) is 23.7 Å². The molecule has 382 valence electrons. The molecule has 2 aliphatic carbocycles. The van der Waals surface area contributed by atoms with E-state index in [0.29, 0.717) is 58.2 Å². The van der Waals surface area contributed by atoms with Gasteiger partial charge in [-0.3, -0.25) is 19.2 Å². The summed E-state index contributed by atoms with van der Waals surface area (Å²) < 4.78 is 32.2. The molecule has 1 aromatic rings. The van der Waals surface area contributed by atoms with Gasteiger partial charge in [0.1, 0.15) is 60.3 Å². The Morgan fingerprint density at radius 3 is 2.15 bits per heavy atom. The van der Waals surface area contributed by atoms with E-state index in [-0.39, 0.29) is 54.5 Å². The molecule has 3 amide bonds. The standard InChI is InChI=1S/C50H77N3O15/c1-5-34-24-35(36(57)20-19-31-15-17-33(18-16-31)26-51-40(58)14-9-11-28(2)55)25-37(46(34)68-50-45(62)44(61)42(59)29(3)64-50)66-49-41(52-30(4)56)47(43(60)39(27-54)67-49)65-38(48(63)53-21-10-22-53)23-32-12-7-6-8-13-32/h15-18,29,32,34-35,37-39,41-47,49-50,54,59-62H,5-14,19-27H2,1-4H3,(H,51,58)(H,52,56)/t29?,34?,35?,37-,38+,39+,41?,42-,43+,44+,45?,46-,47?,49-,50+/m1/s1. The number of nitrogens with zero attached hydrogens (tertiary/aromatic N) is 1. The summed E-state index contributed by atoms with van der Waals surface area (Å²) in [6, 6.07) is 6.44. The van der Waals surface area contributed by atoms with E-state index in [1.54, 1.807) is 11.8 Å². The van der Waals surface area contributed by atoms with Crippen LogP contribution in [0.15, 0.2) is 24.3 Å². The van der Waals surface area contributed by atoms with Crippen LogP contribution < -0.4 is 10.6 Å². The van der Waals surface area contributed by atoms with Gasteiger partial charge in [-0.05, 0) is 75.3 Å². The van der Waals surface area contributed by atoms with Gasteiger partial charge in [0.2, 0.25) is 11.8 Å². The molecule has 0 radical (unpaired) electrons. The number of hydrogen-bond donors (Lipinski definition) is 7. The molecule has 0 bridgehead atoms. The van der Waals surface area contributed by atoms with Crippen molar-refractivity contribution in [3.05, 3.63) is 35.4 Å². The van der Waals surface area contributed by atoms with Gasteiger partial charge < -0.3 is 69.5 Å². The first-order valence-corrected chi connectivity index (χ1v) is 25.1. The fourth-order valence-electron chi connectivity index (χ4n) is 10.4. The average Bonchev–Trinajstić information content (AvgIpc) is 3.30. The molecule has 3 aliphatic heterocycles. The van der Waals surface area contributed by atoms with Crippen LogP contribution in [0.4, 0.5) is 0 Å². The Morgan fingerprint density at radius 2 is 1.51 bits per heavy atom. The second kappa shape index (κ2) is 25.6. The fraction of sp³-hybridized carbons (Fsp3) is 0.780. The summed E-state index contributed by atoms with van der Waals surface area (Å²) in [7, 11) is 0. The molecule has 3 saturated heterocycles. The number of Topliss-reactive ketones (excluding diaryl/α,β-unsaturated/α-hetero) is 2. The van der Waals surface area contributed by atoms with Gasteiger partial charge in [0.25, 0.3) is 5.91 Å². The number of aryl methyl sites for hydroxylation is 1. The van der Waals surface area contributed by atoms with Crippen molar-refractivity contribution in [1.82, 2.24) is 15.5 Å². The second-order valence-corrected chi connectivity index (χ2v) is 19.9. The van der Waals surface area contributed by atoms with E-state index in [9.17, 15) is 49.5 Å². The largest absolute Gasteiger partial charge is 0.394 e. The number of nitrogens with one attached hydrogen (secondary N) is 2. The third kappa shape index (κ3) is 14.3. The summed E-state index contributed by atoms with van der Waals surface area (Å²) in [5.41, 5.74) is 1.81. The highest BCUT2D eigenvalue weighted by Crippen LogP contribution is 2.41. The zero-order chi connectivity index (χ0) is 49.1. The van der Waals surface area contributed by atoms with Crippen LogP contribution in [-0.2, 0) is 60.6 Å². The fourth-order valence-corrected chi connectivity index (χ4v) is 10.4. The SMILES string of the molecule is CCC1CC(C(=O)CCc2ccc(CNC(=O)CCCC(C)=O)cc2)C[C@@H](O[C@@H]2O[C@@H](CO)[C@H](O)C(O[C@@H](CC3CCCCC3)C(=O)N3CCC3)C2NC(C)=O)[C@@H]1O[C@@H]1OC(C)[C@@H](O)[C@H](O)C1O. The topological polar surface area (TPSA) is 260 Å². The van der Waals surface area contributed by atoms with Gasteiger partial charge in [-0.2, -0.15) is 0 Å². The van der Waals surface area contributed by atoms with Gasteiger partial charge >= 0.3 is 0 Å². The van der Waals surface area contributed by atoms with E-state index in [1.165, 1.54) is 13.8 Å². The molecule has 3 heterocycles. The van der Waals surface area contributed by atoms with E-state index in [2.05, 4.69) is 10.6 Å². The van der Waals surface area contributed by atoms with E-state index < -0.39 is 98.1 Å². The van der Waals surface area contributed by atoms with Crippen molar-refractivity contribution in [3.8, 4) is 0 Å². The quantitative estimate of drug-likeness (QED) is 0.0879. The lowest BCUT2D eigenvalue weighted by Gasteiger charge is -2.49. The lowest BCUT2D eigenvalue weighted by atomic mass is 9.73. The Labute approximate surface area is 400 Å². The minimum absolute atomic E-state index is 0.0265. The van der Waals surface area contributed by atoms with Crippen LogP contribution in [0, 0.1) is 17.8 Å². The maximum Gasteiger partial charge on any atom is 0.251 e. The first-order chi connectivity index (χ1) is 32.6. The smallest absolute Gasteiger partial charge is 0.251 e. The van der Waals surface area contributed by atoms with Crippen molar-refractivity contribution >= 4 is 29.3 Å². The third-order valence-corrected chi connectivity index (χ3v) is 14.7. The second-order valence-electron chi connectivity index (χ2n) is 19.9. The summed E-state index contributed by atoms with van der Waals surface area (Å²) in [5.74, 6) is -1.47. The molecule has 18 heteroatoms. The molecule has 0 aromatic heterocycles. The van der Waals surface area contributed by atoms with Crippen molar-refractivity contribution in [3.63, 3.8) is 0 Å². The predicted octanol–water partition coefficient (Wildman–Crippen LogP) is 2.14. The number of ketones is 2. The summed E-state index contributed by atoms with van der Waals surface area (Å²) in [5, 5.41) is 60.4. The monoisotopic (exact) mass is 960 g/mol. The van der Waals surface area contributed by atoms with Gasteiger partial charge in [0.15, 0.2) is 12.6 Å². The molecule has 18 nitrogen and oxygen atoms in total. The summed E-state index contributed by atoms with van der Waals surface area (Å²) in [4.78, 5) is 66.4. The van der Waals surface area contributed by atoms with Crippen LogP contribution in [0.2, 0.25) is 0 Å². The minimum atomic E-state index is -1.63. The Morgan fingerprint density at radius 1 is 0.809 bits per heavy atom. The van der Waals surface area contributed by atoms with Crippen LogP contribution in [0.3, 0.4) is 0 Å². The molecule has 1 aromatic carbocycles. The first kappa shape index (κ1) is 53.9. The molecule has 6 rings (SSSR count).